The van der Waals surface area contributed by atoms with Gasteiger partial charge in [-0.3, -0.25) is 4.98 Å². The van der Waals surface area contributed by atoms with E-state index in [0.29, 0.717) is 0 Å². The Hall–Kier alpha value is -1.39. The highest BCUT2D eigenvalue weighted by atomic mass is 32.1. The minimum atomic E-state index is -0.135. The van der Waals surface area contributed by atoms with Gasteiger partial charge in [-0.25, -0.2) is 0 Å². The topological polar surface area (TPSA) is 48.1 Å². The molecular weight excluding hydrogens is 232 g/mol. The van der Waals surface area contributed by atoms with Gasteiger partial charge in [0.15, 0.2) is 0 Å². The number of rotatable bonds is 4. The number of ether oxygens (including phenoxy) is 1. The Labute approximate surface area is 105 Å². The summed E-state index contributed by atoms with van der Waals surface area (Å²) < 4.78 is 5.61. The van der Waals surface area contributed by atoms with Crippen LogP contribution >= 0.6 is 11.3 Å². The maximum Gasteiger partial charge on any atom is 0.138 e. The highest BCUT2D eigenvalue weighted by Crippen LogP contribution is 2.24. The first-order valence-corrected chi connectivity index (χ1v) is 6.50. The second kappa shape index (κ2) is 5.29. The van der Waals surface area contributed by atoms with Crippen molar-refractivity contribution in [2.24, 2.45) is 5.73 Å². The Kier molecular flexibility index (Phi) is 3.76. The van der Waals surface area contributed by atoms with E-state index in [2.05, 4.69) is 10.4 Å². The molecule has 3 nitrogen and oxygen atoms in total. The number of nitrogens with two attached hydrogens (primary N) is 1. The zero-order chi connectivity index (χ0) is 12.3. The Morgan fingerprint density at radius 3 is 2.76 bits per heavy atom. The van der Waals surface area contributed by atoms with Crippen LogP contribution in [-0.2, 0) is 0 Å². The minimum Gasteiger partial charge on any atom is -0.489 e. The molecule has 0 spiro atoms. The predicted molar refractivity (Wildman–Crippen MR) is 70.4 cm³/mol. The van der Waals surface area contributed by atoms with Crippen LogP contribution in [0.1, 0.15) is 31.0 Å². The lowest BCUT2D eigenvalue weighted by atomic mass is 10.0. The van der Waals surface area contributed by atoms with E-state index in [-0.39, 0.29) is 12.1 Å². The zero-order valence-corrected chi connectivity index (χ0v) is 10.8. The summed E-state index contributed by atoms with van der Waals surface area (Å²) in [5, 5.41) is 4.08. The monoisotopic (exact) mass is 248 g/mol. The lowest BCUT2D eigenvalue weighted by Gasteiger charge is -2.13. The van der Waals surface area contributed by atoms with Crippen LogP contribution < -0.4 is 10.5 Å². The van der Waals surface area contributed by atoms with Gasteiger partial charge in [-0.15, -0.1) is 0 Å². The van der Waals surface area contributed by atoms with Crippen LogP contribution in [0.15, 0.2) is 35.3 Å². The summed E-state index contributed by atoms with van der Waals surface area (Å²) in [5.41, 5.74) is 8.25. The van der Waals surface area contributed by atoms with Gasteiger partial charge in [0.25, 0.3) is 0 Å². The van der Waals surface area contributed by atoms with Crippen LogP contribution in [0, 0.1) is 0 Å². The Morgan fingerprint density at radius 2 is 2.12 bits per heavy atom. The molecular formula is C13H16N2OS. The van der Waals surface area contributed by atoms with Crippen molar-refractivity contribution in [3.8, 4) is 5.75 Å². The van der Waals surface area contributed by atoms with E-state index in [1.54, 1.807) is 23.7 Å². The summed E-state index contributed by atoms with van der Waals surface area (Å²) >= 11 is 1.65. The zero-order valence-electron chi connectivity index (χ0n) is 9.96. The molecule has 0 saturated carbocycles. The molecule has 0 radical (unpaired) electrons. The molecule has 17 heavy (non-hydrogen) atoms. The van der Waals surface area contributed by atoms with Crippen LogP contribution in [0.25, 0.3) is 0 Å². The number of pyridine rings is 1. The van der Waals surface area contributed by atoms with Gasteiger partial charge < -0.3 is 10.5 Å². The third-order valence-corrected chi connectivity index (χ3v) is 3.07. The van der Waals surface area contributed by atoms with E-state index in [4.69, 9.17) is 10.5 Å². The molecule has 0 bridgehead atoms. The smallest absolute Gasteiger partial charge is 0.138 e. The molecule has 0 aliphatic carbocycles. The summed E-state index contributed by atoms with van der Waals surface area (Å²) in [4.78, 5) is 4.17. The van der Waals surface area contributed by atoms with Gasteiger partial charge in [-0.2, -0.15) is 11.3 Å². The number of aromatic nitrogens is 1. The highest BCUT2D eigenvalue weighted by Gasteiger charge is 2.11. The third kappa shape index (κ3) is 3.05. The van der Waals surface area contributed by atoms with Gasteiger partial charge in [0, 0.05) is 6.20 Å². The average Bonchev–Trinajstić information content (AvgIpc) is 2.81. The quantitative estimate of drug-likeness (QED) is 0.905. The number of thiophene rings is 1. The molecule has 0 aromatic carbocycles. The van der Waals surface area contributed by atoms with E-state index in [1.165, 1.54) is 0 Å². The first-order valence-electron chi connectivity index (χ1n) is 5.56. The fraction of sp³-hybridized carbons (Fsp3) is 0.308. The summed E-state index contributed by atoms with van der Waals surface area (Å²) in [6.45, 7) is 3.98. The molecule has 0 aliphatic rings. The van der Waals surface area contributed by atoms with Crippen molar-refractivity contribution in [1.29, 1.82) is 0 Å². The molecule has 2 heterocycles. The highest BCUT2D eigenvalue weighted by molar-refractivity contribution is 7.08. The van der Waals surface area contributed by atoms with Crippen molar-refractivity contribution < 1.29 is 4.74 Å². The maximum absolute atomic E-state index is 6.17. The van der Waals surface area contributed by atoms with Crippen molar-refractivity contribution in [3.63, 3.8) is 0 Å². The largest absolute Gasteiger partial charge is 0.489 e. The van der Waals surface area contributed by atoms with E-state index in [0.717, 1.165) is 16.9 Å². The van der Waals surface area contributed by atoms with Crippen LogP contribution in [0.4, 0.5) is 0 Å². The maximum atomic E-state index is 6.17. The van der Waals surface area contributed by atoms with E-state index in [9.17, 15) is 0 Å². The summed E-state index contributed by atoms with van der Waals surface area (Å²) in [6, 6.07) is 3.85. The van der Waals surface area contributed by atoms with Crippen molar-refractivity contribution in [1.82, 2.24) is 4.98 Å². The first-order chi connectivity index (χ1) is 8.16. The van der Waals surface area contributed by atoms with Crippen LogP contribution in [0.2, 0.25) is 0 Å². The summed E-state index contributed by atoms with van der Waals surface area (Å²) in [6.07, 6.45) is 3.64. The number of hydrogen-bond acceptors (Lipinski definition) is 4. The van der Waals surface area contributed by atoms with Crippen LogP contribution in [0.5, 0.6) is 5.75 Å². The second-order valence-corrected chi connectivity index (χ2v) is 4.93. The molecule has 1 unspecified atom stereocenters. The molecule has 1 atom stereocenters. The average molecular weight is 248 g/mol. The third-order valence-electron chi connectivity index (χ3n) is 2.37. The van der Waals surface area contributed by atoms with Crippen molar-refractivity contribution in [3.05, 3.63) is 46.4 Å². The Morgan fingerprint density at radius 1 is 1.29 bits per heavy atom. The molecule has 2 N–H and O–H groups in total. The fourth-order valence-corrected chi connectivity index (χ4v) is 2.28. The van der Waals surface area contributed by atoms with E-state index >= 15 is 0 Å². The number of hydrogen-bond donors (Lipinski definition) is 1. The normalized spacial score (nSPS) is 12.7. The molecule has 0 fully saturated rings. The van der Waals surface area contributed by atoms with Crippen molar-refractivity contribution >= 4 is 11.3 Å². The van der Waals surface area contributed by atoms with Gasteiger partial charge in [-0.1, -0.05) is 0 Å². The van der Waals surface area contributed by atoms with E-state index in [1.807, 2.05) is 31.4 Å². The SMILES string of the molecule is CC(C)Oc1cncc(C(N)c2ccsc2)c1. The summed E-state index contributed by atoms with van der Waals surface area (Å²) in [5.74, 6) is 0.767. The molecule has 4 heteroatoms. The van der Waals surface area contributed by atoms with Crippen LogP contribution in [0.3, 0.4) is 0 Å². The lowest BCUT2D eigenvalue weighted by Crippen LogP contribution is -2.12. The van der Waals surface area contributed by atoms with Gasteiger partial charge in [0.05, 0.1) is 18.3 Å². The molecule has 0 saturated heterocycles. The molecule has 2 aromatic heterocycles. The Bertz CT molecular complexity index is 468. The second-order valence-electron chi connectivity index (χ2n) is 4.15. The van der Waals surface area contributed by atoms with Gasteiger partial charge in [-0.05, 0) is 47.9 Å². The molecule has 0 aliphatic heterocycles. The number of nitrogens with zero attached hydrogens (tertiary/aromatic N) is 1. The molecule has 90 valence electrons. The van der Waals surface area contributed by atoms with Gasteiger partial charge >= 0.3 is 0 Å². The Balaban J connectivity index is 2.21. The molecule has 2 aromatic rings. The fourth-order valence-electron chi connectivity index (χ4n) is 1.59. The lowest BCUT2D eigenvalue weighted by molar-refractivity contribution is 0.241. The van der Waals surface area contributed by atoms with Crippen molar-refractivity contribution in [2.75, 3.05) is 0 Å². The first kappa shape index (κ1) is 12.1. The van der Waals surface area contributed by atoms with Gasteiger partial charge in [0.2, 0.25) is 0 Å². The van der Waals surface area contributed by atoms with Crippen LogP contribution in [-0.4, -0.2) is 11.1 Å². The van der Waals surface area contributed by atoms with E-state index < -0.39 is 0 Å². The molecule has 0 amide bonds. The van der Waals surface area contributed by atoms with Gasteiger partial charge in [0.1, 0.15) is 5.75 Å². The van der Waals surface area contributed by atoms with Crippen molar-refractivity contribution in [2.45, 2.75) is 26.0 Å². The molecule has 2 rings (SSSR count). The summed E-state index contributed by atoms with van der Waals surface area (Å²) in [7, 11) is 0. The predicted octanol–water partition coefficient (Wildman–Crippen LogP) is 2.98. The standard InChI is InChI=1S/C13H16N2OS/c1-9(2)16-12-5-11(6-15-7-12)13(14)10-3-4-17-8-10/h3-9,13H,14H2,1-2H3. The minimum absolute atomic E-state index is 0.135.